The lowest BCUT2D eigenvalue weighted by Crippen LogP contribution is -2.35. The molecular formula is C13H21N5O2. The van der Waals surface area contributed by atoms with Crippen molar-refractivity contribution >= 4 is 17.6 Å². The number of nitrogens with two attached hydrogens (primary N) is 3. The van der Waals surface area contributed by atoms with Crippen molar-refractivity contribution in [3.63, 3.8) is 0 Å². The van der Waals surface area contributed by atoms with Gasteiger partial charge in [0, 0.05) is 12.2 Å². The standard InChI is InChI=1S/C13H21N5O2/c14-11(2-1-7-17-13(15)16)12(20)18-10-5-3-9(8-19)4-6-10/h3-6,11,19H,1-2,7-8,14H2,(H,18,20)(H4,15,16,17)/t11-/m0/s1. The van der Waals surface area contributed by atoms with Crippen molar-refractivity contribution in [2.75, 3.05) is 11.9 Å². The van der Waals surface area contributed by atoms with Crippen molar-refractivity contribution in [2.45, 2.75) is 25.5 Å². The van der Waals surface area contributed by atoms with Gasteiger partial charge in [-0.3, -0.25) is 9.79 Å². The highest BCUT2D eigenvalue weighted by Gasteiger charge is 2.12. The van der Waals surface area contributed by atoms with Crippen LogP contribution in [-0.2, 0) is 11.4 Å². The number of aliphatic hydroxyl groups excluding tert-OH is 1. The van der Waals surface area contributed by atoms with E-state index in [4.69, 9.17) is 22.3 Å². The summed E-state index contributed by atoms with van der Waals surface area (Å²) in [6, 6.07) is 6.30. The molecule has 0 aliphatic heterocycles. The van der Waals surface area contributed by atoms with Gasteiger partial charge in [-0.1, -0.05) is 12.1 Å². The fourth-order valence-electron chi connectivity index (χ4n) is 1.58. The number of amides is 1. The molecule has 1 atom stereocenters. The Labute approximate surface area is 117 Å². The average molecular weight is 279 g/mol. The van der Waals surface area contributed by atoms with Gasteiger partial charge in [-0.05, 0) is 30.5 Å². The van der Waals surface area contributed by atoms with Gasteiger partial charge < -0.3 is 27.6 Å². The van der Waals surface area contributed by atoms with E-state index < -0.39 is 6.04 Å². The van der Waals surface area contributed by atoms with Gasteiger partial charge >= 0.3 is 0 Å². The Balaban J connectivity index is 2.38. The summed E-state index contributed by atoms with van der Waals surface area (Å²) in [4.78, 5) is 15.6. The molecule has 0 bridgehead atoms. The number of hydrogen-bond donors (Lipinski definition) is 5. The SMILES string of the molecule is NC(N)=NCCC[C@H](N)C(=O)Nc1ccc(CO)cc1. The number of carbonyl (C=O) groups is 1. The zero-order valence-electron chi connectivity index (χ0n) is 11.2. The third kappa shape index (κ3) is 5.68. The van der Waals surface area contributed by atoms with Crippen molar-refractivity contribution in [2.24, 2.45) is 22.2 Å². The molecule has 0 spiro atoms. The van der Waals surface area contributed by atoms with Crippen molar-refractivity contribution in [3.8, 4) is 0 Å². The third-order valence-electron chi connectivity index (χ3n) is 2.71. The number of aliphatic hydroxyl groups is 1. The largest absolute Gasteiger partial charge is 0.392 e. The zero-order chi connectivity index (χ0) is 15.0. The lowest BCUT2D eigenvalue weighted by molar-refractivity contribution is -0.117. The second kappa shape index (κ2) is 8.13. The van der Waals surface area contributed by atoms with Crippen LogP contribution in [0, 0.1) is 0 Å². The molecule has 0 aromatic heterocycles. The molecule has 0 unspecified atom stereocenters. The van der Waals surface area contributed by atoms with Crippen LogP contribution in [0.1, 0.15) is 18.4 Å². The molecule has 0 saturated heterocycles. The van der Waals surface area contributed by atoms with Crippen LogP contribution in [0.3, 0.4) is 0 Å². The van der Waals surface area contributed by atoms with Crippen LogP contribution in [0.15, 0.2) is 29.3 Å². The Kier molecular flexibility index (Phi) is 6.48. The second-order valence-electron chi connectivity index (χ2n) is 4.40. The Morgan fingerprint density at radius 3 is 2.50 bits per heavy atom. The molecule has 0 fully saturated rings. The summed E-state index contributed by atoms with van der Waals surface area (Å²) in [5.74, 6) is -0.224. The maximum absolute atomic E-state index is 11.8. The first-order valence-electron chi connectivity index (χ1n) is 6.34. The fraction of sp³-hybridized carbons (Fsp3) is 0.385. The van der Waals surface area contributed by atoms with Crippen LogP contribution in [-0.4, -0.2) is 29.6 Å². The number of aliphatic imine (C=N–C) groups is 1. The molecule has 1 aromatic carbocycles. The number of benzene rings is 1. The van der Waals surface area contributed by atoms with Crippen molar-refractivity contribution in [1.82, 2.24) is 0 Å². The lowest BCUT2D eigenvalue weighted by atomic mass is 10.1. The summed E-state index contributed by atoms with van der Waals surface area (Å²) in [5.41, 5.74) is 17.6. The number of guanidine groups is 1. The summed E-state index contributed by atoms with van der Waals surface area (Å²) in [6.45, 7) is 0.424. The number of anilines is 1. The molecule has 1 rings (SSSR count). The maximum atomic E-state index is 11.8. The van der Waals surface area contributed by atoms with Crippen LogP contribution >= 0.6 is 0 Å². The molecule has 0 radical (unpaired) electrons. The minimum atomic E-state index is -0.610. The first kappa shape index (κ1) is 15.9. The number of rotatable bonds is 7. The Morgan fingerprint density at radius 2 is 1.95 bits per heavy atom. The van der Waals surface area contributed by atoms with Crippen LogP contribution in [0.2, 0.25) is 0 Å². The van der Waals surface area contributed by atoms with E-state index in [-0.39, 0.29) is 18.5 Å². The molecule has 1 amide bonds. The highest BCUT2D eigenvalue weighted by molar-refractivity contribution is 5.94. The Hall–Kier alpha value is -2.12. The smallest absolute Gasteiger partial charge is 0.241 e. The predicted molar refractivity (Wildman–Crippen MR) is 78.9 cm³/mol. The third-order valence-corrected chi connectivity index (χ3v) is 2.71. The highest BCUT2D eigenvalue weighted by Crippen LogP contribution is 2.10. The number of hydrogen-bond acceptors (Lipinski definition) is 4. The Morgan fingerprint density at radius 1 is 1.30 bits per heavy atom. The fourth-order valence-corrected chi connectivity index (χ4v) is 1.58. The quantitative estimate of drug-likeness (QED) is 0.260. The van der Waals surface area contributed by atoms with Gasteiger partial charge in [-0.25, -0.2) is 0 Å². The van der Waals surface area contributed by atoms with Crippen molar-refractivity contribution in [3.05, 3.63) is 29.8 Å². The van der Waals surface area contributed by atoms with E-state index >= 15 is 0 Å². The van der Waals surface area contributed by atoms with Gasteiger partial charge in [0.1, 0.15) is 0 Å². The summed E-state index contributed by atoms with van der Waals surface area (Å²) < 4.78 is 0. The molecule has 8 N–H and O–H groups in total. The van der Waals surface area contributed by atoms with Gasteiger partial charge in [0.2, 0.25) is 5.91 Å². The zero-order valence-corrected chi connectivity index (χ0v) is 11.2. The minimum absolute atomic E-state index is 0.0292. The average Bonchev–Trinajstić information content (AvgIpc) is 2.44. The van der Waals surface area contributed by atoms with Crippen molar-refractivity contribution in [1.29, 1.82) is 0 Å². The van der Waals surface area contributed by atoms with E-state index in [1.165, 1.54) is 0 Å². The summed E-state index contributed by atoms with van der Waals surface area (Å²) in [5, 5.41) is 11.6. The molecule has 7 heteroatoms. The predicted octanol–water partition coefficient (Wildman–Crippen LogP) is -0.502. The summed E-state index contributed by atoms with van der Waals surface area (Å²) >= 11 is 0. The molecular weight excluding hydrogens is 258 g/mol. The van der Waals surface area contributed by atoms with Gasteiger partial charge in [0.25, 0.3) is 0 Å². The van der Waals surface area contributed by atoms with Crippen LogP contribution in [0.25, 0.3) is 0 Å². The van der Waals surface area contributed by atoms with E-state index in [1.54, 1.807) is 24.3 Å². The van der Waals surface area contributed by atoms with Gasteiger partial charge in [-0.15, -0.1) is 0 Å². The molecule has 110 valence electrons. The summed E-state index contributed by atoms with van der Waals surface area (Å²) in [7, 11) is 0. The van der Waals surface area contributed by atoms with Crippen LogP contribution in [0.5, 0.6) is 0 Å². The molecule has 0 saturated carbocycles. The van der Waals surface area contributed by atoms with Crippen LogP contribution in [0.4, 0.5) is 5.69 Å². The number of nitrogens with one attached hydrogen (secondary N) is 1. The van der Waals surface area contributed by atoms with E-state index in [0.29, 0.717) is 25.1 Å². The Bertz CT molecular complexity index is 454. The van der Waals surface area contributed by atoms with Gasteiger partial charge in [0.05, 0.1) is 12.6 Å². The molecule has 0 heterocycles. The maximum Gasteiger partial charge on any atom is 0.241 e. The first-order chi connectivity index (χ1) is 9.52. The normalized spacial score (nSPS) is 11.7. The molecule has 20 heavy (non-hydrogen) atoms. The number of nitrogens with zero attached hydrogens (tertiary/aromatic N) is 1. The minimum Gasteiger partial charge on any atom is -0.392 e. The van der Waals surface area contributed by atoms with Gasteiger partial charge in [-0.2, -0.15) is 0 Å². The van der Waals surface area contributed by atoms with E-state index in [0.717, 1.165) is 5.56 Å². The lowest BCUT2D eigenvalue weighted by Gasteiger charge is -2.12. The molecule has 0 aliphatic rings. The van der Waals surface area contributed by atoms with E-state index in [2.05, 4.69) is 10.3 Å². The molecule has 1 aromatic rings. The van der Waals surface area contributed by atoms with Crippen molar-refractivity contribution < 1.29 is 9.90 Å². The molecule has 0 aliphatic carbocycles. The topological polar surface area (TPSA) is 140 Å². The highest BCUT2D eigenvalue weighted by atomic mass is 16.3. The van der Waals surface area contributed by atoms with Crippen LogP contribution < -0.4 is 22.5 Å². The monoisotopic (exact) mass is 279 g/mol. The van der Waals surface area contributed by atoms with E-state index in [1.807, 2.05) is 0 Å². The first-order valence-corrected chi connectivity index (χ1v) is 6.34. The van der Waals surface area contributed by atoms with Gasteiger partial charge in [0.15, 0.2) is 5.96 Å². The van der Waals surface area contributed by atoms with E-state index in [9.17, 15) is 4.79 Å². The second-order valence-corrected chi connectivity index (χ2v) is 4.40. The molecule has 7 nitrogen and oxygen atoms in total. The number of carbonyl (C=O) groups excluding carboxylic acids is 1. The summed E-state index contributed by atoms with van der Waals surface area (Å²) in [6.07, 6.45) is 1.13.